The van der Waals surface area contributed by atoms with Crippen LogP contribution in [0, 0.1) is 0 Å². The van der Waals surface area contributed by atoms with Gasteiger partial charge in [-0.05, 0) is 12.6 Å². The van der Waals surface area contributed by atoms with E-state index in [1.165, 1.54) is 5.56 Å². The van der Waals surface area contributed by atoms with Crippen LogP contribution in [0.15, 0.2) is 30.3 Å². The van der Waals surface area contributed by atoms with Crippen LogP contribution in [-0.4, -0.2) is 23.8 Å². The average molecular weight is 247 g/mol. The van der Waals surface area contributed by atoms with Crippen molar-refractivity contribution < 1.29 is 0 Å². The second-order valence-electron chi connectivity index (χ2n) is 4.02. The van der Waals surface area contributed by atoms with Gasteiger partial charge in [0.15, 0.2) is 0 Å². The summed E-state index contributed by atoms with van der Waals surface area (Å²) in [5.41, 5.74) is 1.30. The topological polar surface area (TPSA) is 37.8 Å². The molecule has 0 radical (unpaired) electrons. The molecule has 4 heteroatoms. The number of nitrogens with zero attached hydrogens (tertiary/aromatic N) is 2. The van der Waals surface area contributed by atoms with Gasteiger partial charge in [-0.2, -0.15) is 0 Å². The molecule has 0 aliphatic rings. The van der Waals surface area contributed by atoms with E-state index in [1.54, 1.807) is 11.3 Å². The van der Waals surface area contributed by atoms with Crippen LogP contribution in [0.5, 0.6) is 0 Å². The van der Waals surface area contributed by atoms with Gasteiger partial charge in [-0.15, -0.1) is 21.5 Å². The maximum Gasteiger partial charge on any atom is 0.124 e. The van der Waals surface area contributed by atoms with E-state index in [1.807, 2.05) is 13.1 Å². The maximum atomic E-state index is 4.29. The molecule has 1 aromatic heterocycles. The molecule has 1 atom stereocenters. The van der Waals surface area contributed by atoms with Crippen LogP contribution < -0.4 is 5.32 Å². The molecule has 1 N–H and O–H groups in total. The van der Waals surface area contributed by atoms with Crippen molar-refractivity contribution in [2.75, 3.05) is 13.6 Å². The zero-order valence-electron chi connectivity index (χ0n) is 10.2. The Morgan fingerprint density at radius 1 is 1.24 bits per heavy atom. The first-order valence-corrected chi connectivity index (χ1v) is 6.64. The highest BCUT2D eigenvalue weighted by Crippen LogP contribution is 2.26. The van der Waals surface area contributed by atoms with Crippen molar-refractivity contribution in [2.24, 2.45) is 0 Å². The Hall–Kier alpha value is -1.26. The van der Waals surface area contributed by atoms with Crippen LogP contribution in [0.2, 0.25) is 0 Å². The number of rotatable bonds is 5. The average Bonchev–Trinajstić information content (AvgIpc) is 2.85. The molecule has 0 bridgehead atoms. The zero-order chi connectivity index (χ0) is 12.1. The molecule has 1 aromatic carbocycles. The van der Waals surface area contributed by atoms with Crippen LogP contribution >= 0.6 is 11.3 Å². The summed E-state index contributed by atoms with van der Waals surface area (Å²) in [7, 11) is 1.95. The van der Waals surface area contributed by atoms with Crippen molar-refractivity contribution in [1.29, 1.82) is 0 Å². The lowest BCUT2D eigenvalue weighted by molar-refractivity contribution is 0.774. The summed E-state index contributed by atoms with van der Waals surface area (Å²) >= 11 is 1.71. The molecule has 2 aromatic rings. The molecule has 0 saturated heterocycles. The van der Waals surface area contributed by atoms with Crippen LogP contribution in [-0.2, 0) is 6.42 Å². The molecule has 90 valence electrons. The summed E-state index contributed by atoms with van der Waals surface area (Å²) in [6, 6.07) is 10.4. The quantitative estimate of drug-likeness (QED) is 0.882. The summed E-state index contributed by atoms with van der Waals surface area (Å²) in [6.45, 7) is 3.13. The molecule has 1 unspecified atom stereocenters. The Labute approximate surface area is 106 Å². The van der Waals surface area contributed by atoms with E-state index in [4.69, 9.17) is 0 Å². The Morgan fingerprint density at radius 3 is 2.71 bits per heavy atom. The first-order valence-electron chi connectivity index (χ1n) is 5.83. The molecule has 0 spiro atoms. The number of hydrogen-bond acceptors (Lipinski definition) is 4. The van der Waals surface area contributed by atoms with Gasteiger partial charge in [0.1, 0.15) is 10.0 Å². The van der Waals surface area contributed by atoms with E-state index in [0.29, 0.717) is 5.92 Å². The number of nitrogens with one attached hydrogen (secondary N) is 1. The lowest BCUT2D eigenvalue weighted by Gasteiger charge is -2.06. The van der Waals surface area contributed by atoms with E-state index in [-0.39, 0.29) is 0 Å². The van der Waals surface area contributed by atoms with Crippen molar-refractivity contribution in [1.82, 2.24) is 15.5 Å². The molecule has 2 rings (SSSR count). The Balaban J connectivity index is 2.09. The standard InChI is InChI=1S/C13H17N3S/c1-10(11-6-4-3-5-7-11)13-16-15-12(17-13)8-9-14-2/h3-7,10,14H,8-9H2,1-2H3. The molecule has 3 nitrogen and oxygen atoms in total. The van der Waals surface area contributed by atoms with Gasteiger partial charge in [-0.25, -0.2) is 0 Å². The Bertz CT molecular complexity index is 453. The van der Waals surface area contributed by atoms with Crippen molar-refractivity contribution in [3.05, 3.63) is 45.9 Å². The zero-order valence-corrected chi connectivity index (χ0v) is 11.0. The largest absolute Gasteiger partial charge is 0.319 e. The molecule has 0 amide bonds. The van der Waals surface area contributed by atoms with Crippen LogP contribution in [0.1, 0.15) is 28.4 Å². The number of hydrogen-bond donors (Lipinski definition) is 1. The predicted octanol–water partition coefficient (Wildman–Crippen LogP) is 2.45. The normalized spacial score (nSPS) is 12.6. The molecular formula is C13H17N3S. The van der Waals surface area contributed by atoms with Crippen LogP contribution in [0.25, 0.3) is 0 Å². The fourth-order valence-corrected chi connectivity index (χ4v) is 2.58. The van der Waals surface area contributed by atoms with E-state index < -0.39 is 0 Å². The highest BCUT2D eigenvalue weighted by Gasteiger charge is 2.13. The molecule has 0 saturated carbocycles. The van der Waals surface area contributed by atoms with Gasteiger partial charge in [-0.3, -0.25) is 0 Å². The molecule has 0 aliphatic heterocycles. The second-order valence-corrected chi connectivity index (χ2v) is 5.11. The van der Waals surface area contributed by atoms with Crippen molar-refractivity contribution >= 4 is 11.3 Å². The number of likely N-dealkylation sites (N-methyl/N-ethyl adjacent to an activating group) is 1. The summed E-state index contributed by atoms with van der Waals surface area (Å²) in [5.74, 6) is 0.331. The molecule has 0 aliphatic carbocycles. The predicted molar refractivity (Wildman–Crippen MR) is 71.5 cm³/mol. The van der Waals surface area contributed by atoms with Crippen molar-refractivity contribution in [2.45, 2.75) is 19.3 Å². The van der Waals surface area contributed by atoms with E-state index in [9.17, 15) is 0 Å². The third-order valence-electron chi connectivity index (χ3n) is 2.74. The monoisotopic (exact) mass is 247 g/mol. The second kappa shape index (κ2) is 5.89. The lowest BCUT2D eigenvalue weighted by atomic mass is 10.0. The van der Waals surface area contributed by atoms with Gasteiger partial charge in [0, 0.05) is 18.9 Å². The van der Waals surface area contributed by atoms with Crippen molar-refractivity contribution in [3.63, 3.8) is 0 Å². The highest BCUT2D eigenvalue weighted by molar-refractivity contribution is 7.11. The molecular weight excluding hydrogens is 230 g/mol. The van der Waals surface area contributed by atoms with E-state index >= 15 is 0 Å². The summed E-state index contributed by atoms with van der Waals surface area (Å²) in [4.78, 5) is 0. The SMILES string of the molecule is CNCCc1nnc(C(C)c2ccccc2)s1. The van der Waals surface area contributed by atoms with Gasteiger partial charge in [0.25, 0.3) is 0 Å². The first kappa shape index (κ1) is 12.2. The number of benzene rings is 1. The molecule has 0 fully saturated rings. The lowest BCUT2D eigenvalue weighted by Crippen LogP contribution is -2.09. The summed E-state index contributed by atoms with van der Waals surface area (Å²) in [5, 5.41) is 13.8. The van der Waals surface area contributed by atoms with Gasteiger partial charge >= 0.3 is 0 Å². The van der Waals surface area contributed by atoms with Gasteiger partial charge in [0.05, 0.1) is 0 Å². The number of aromatic nitrogens is 2. The van der Waals surface area contributed by atoms with Gasteiger partial charge < -0.3 is 5.32 Å². The van der Waals surface area contributed by atoms with E-state index in [2.05, 4.69) is 46.7 Å². The Morgan fingerprint density at radius 2 is 2.00 bits per heavy atom. The fraction of sp³-hybridized carbons (Fsp3) is 0.385. The minimum Gasteiger partial charge on any atom is -0.319 e. The minimum atomic E-state index is 0.331. The molecule has 17 heavy (non-hydrogen) atoms. The first-order chi connectivity index (χ1) is 8.31. The highest BCUT2D eigenvalue weighted by atomic mass is 32.1. The Kier molecular flexibility index (Phi) is 4.23. The molecule has 1 heterocycles. The van der Waals surface area contributed by atoms with Crippen LogP contribution in [0.3, 0.4) is 0 Å². The third kappa shape index (κ3) is 3.11. The fourth-order valence-electron chi connectivity index (χ4n) is 1.66. The summed E-state index contributed by atoms with van der Waals surface area (Å²) < 4.78 is 0. The van der Waals surface area contributed by atoms with Gasteiger partial charge in [0.2, 0.25) is 0 Å². The summed E-state index contributed by atoms with van der Waals surface area (Å²) in [6.07, 6.45) is 0.954. The van der Waals surface area contributed by atoms with Crippen LogP contribution in [0.4, 0.5) is 0 Å². The van der Waals surface area contributed by atoms with E-state index in [0.717, 1.165) is 23.0 Å². The smallest absolute Gasteiger partial charge is 0.124 e. The third-order valence-corrected chi connectivity index (χ3v) is 3.91. The minimum absolute atomic E-state index is 0.331. The van der Waals surface area contributed by atoms with Crippen molar-refractivity contribution in [3.8, 4) is 0 Å². The maximum absolute atomic E-state index is 4.29. The van der Waals surface area contributed by atoms with Gasteiger partial charge in [-0.1, -0.05) is 37.3 Å².